The summed E-state index contributed by atoms with van der Waals surface area (Å²) in [5.41, 5.74) is 0. The molecule has 1 aromatic carbocycles. The minimum Gasteiger partial charge on any atom is -0.383 e. The molecule has 0 spiro atoms. The van der Waals surface area contributed by atoms with Crippen molar-refractivity contribution >= 4 is 23.4 Å². The van der Waals surface area contributed by atoms with Crippen LogP contribution in [0.1, 0.15) is 11.7 Å². The molecule has 1 N–H and O–H groups in total. The number of nitrogens with one attached hydrogen (secondary N) is 1. The van der Waals surface area contributed by atoms with E-state index in [2.05, 4.69) is 15.5 Å². The van der Waals surface area contributed by atoms with Crippen molar-refractivity contribution in [2.24, 2.45) is 0 Å². The number of benzene rings is 1. The second-order valence-corrected chi connectivity index (χ2v) is 5.50. The van der Waals surface area contributed by atoms with Crippen LogP contribution in [0.5, 0.6) is 0 Å². The summed E-state index contributed by atoms with van der Waals surface area (Å²) in [5, 5.41) is 7.83. The number of rotatable bonds is 8. The average molecular weight is 314 g/mol. The Hall–Kier alpha value is -1.08. The van der Waals surface area contributed by atoms with Gasteiger partial charge in [0, 0.05) is 23.6 Å². The zero-order valence-corrected chi connectivity index (χ0v) is 12.7. The van der Waals surface area contributed by atoms with Gasteiger partial charge in [-0.25, -0.2) is 0 Å². The summed E-state index contributed by atoms with van der Waals surface area (Å²) in [6.07, 6.45) is 0. The second kappa shape index (κ2) is 8.26. The van der Waals surface area contributed by atoms with Gasteiger partial charge in [0.05, 0.1) is 18.9 Å². The first-order valence-electron chi connectivity index (χ1n) is 6.17. The van der Waals surface area contributed by atoms with Gasteiger partial charge in [-0.3, -0.25) is 0 Å². The minimum absolute atomic E-state index is 0.558. The maximum atomic E-state index is 5.84. The van der Waals surface area contributed by atoms with E-state index in [0.717, 1.165) is 16.5 Å². The van der Waals surface area contributed by atoms with Crippen molar-refractivity contribution in [2.75, 3.05) is 20.3 Å². The molecule has 5 nitrogen and oxygen atoms in total. The Bertz CT molecular complexity index is 519. The molecule has 7 heteroatoms. The van der Waals surface area contributed by atoms with Crippen LogP contribution in [0.2, 0.25) is 5.02 Å². The number of halogens is 1. The Balaban J connectivity index is 1.76. The summed E-state index contributed by atoms with van der Waals surface area (Å²) in [6, 6.07) is 7.68. The normalized spacial score (nSPS) is 10.9. The second-order valence-electron chi connectivity index (χ2n) is 4.02. The number of thioether (sulfide) groups is 1. The van der Waals surface area contributed by atoms with E-state index in [0.29, 0.717) is 30.6 Å². The zero-order valence-electron chi connectivity index (χ0n) is 11.1. The summed E-state index contributed by atoms with van der Waals surface area (Å²) in [4.78, 5) is 5.44. The van der Waals surface area contributed by atoms with Crippen molar-refractivity contribution in [3.63, 3.8) is 0 Å². The number of hydrogen-bond acceptors (Lipinski definition) is 6. The third kappa shape index (κ3) is 5.13. The van der Waals surface area contributed by atoms with E-state index >= 15 is 0 Å². The molecule has 0 aliphatic carbocycles. The molecule has 0 radical (unpaired) electrons. The van der Waals surface area contributed by atoms with Crippen LogP contribution in [0.4, 0.5) is 0 Å². The summed E-state index contributed by atoms with van der Waals surface area (Å²) < 4.78 is 10.1. The fourth-order valence-electron chi connectivity index (χ4n) is 1.47. The molecule has 0 aliphatic rings. The third-order valence-corrected chi connectivity index (χ3v) is 3.71. The molecule has 2 aromatic rings. The summed E-state index contributed by atoms with van der Waals surface area (Å²) in [7, 11) is 1.67. The maximum absolute atomic E-state index is 5.84. The molecular weight excluding hydrogens is 298 g/mol. The van der Waals surface area contributed by atoms with Gasteiger partial charge in [0.25, 0.3) is 0 Å². The maximum Gasteiger partial charge on any atom is 0.240 e. The van der Waals surface area contributed by atoms with Crippen LogP contribution >= 0.6 is 23.4 Å². The van der Waals surface area contributed by atoms with E-state index in [4.69, 9.17) is 20.9 Å². The van der Waals surface area contributed by atoms with Gasteiger partial charge in [0.1, 0.15) is 0 Å². The van der Waals surface area contributed by atoms with E-state index in [9.17, 15) is 0 Å². The van der Waals surface area contributed by atoms with E-state index in [1.807, 2.05) is 24.3 Å². The summed E-state index contributed by atoms with van der Waals surface area (Å²) >= 11 is 7.48. The first kappa shape index (κ1) is 15.3. The van der Waals surface area contributed by atoms with Gasteiger partial charge in [0.2, 0.25) is 5.89 Å². The highest BCUT2D eigenvalue weighted by Crippen LogP contribution is 2.23. The quantitative estimate of drug-likeness (QED) is 0.597. The molecular formula is C13H16ClN3O2S. The predicted octanol–water partition coefficient (Wildman–Crippen LogP) is 2.75. The molecule has 0 aliphatic heterocycles. The zero-order chi connectivity index (χ0) is 14.2. The Morgan fingerprint density at radius 3 is 2.90 bits per heavy atom. The number of methoxy groups -OCH3 is 1. The highest BCUT2D eigenvalue weighted by Gasteiger charge is 2.06. The predicted molar refractivity (Wildman–Crippen MR) is 78.9 cm³/mol. The first-order chi connectivity index (χ1) is 9.78. The molecule has 0 bridgehead atoms. The lowest BCUT2D eigenvalue weighted by atomic mass is 10.4. The van der Waals surface area contributed by atoms with Crippen LogP contribution < -0.4 is 5.32 Å². The number of nitrogens with zero attached hydrogens (tertiary/aromatic N) is 2. The van der Waals surface area contributed by atoms with E-state index in [-0.39, 0.29) is 0 Å². The SMILES string of the molecule is COCCNCc1nc(CSc2ccc(Cl)cc2)no1. The Morgan fingerprint density at radius 1 is 1.35 bits per heavy atom. The Labute approximate surface area is 127 Å². The number of ether oxygens (including phenoxy) is 1. The van der Waals surface area contributed by atoms with Crippen LogP contribution in [-0.4, -0.2) is 30.4 Å². The van der Waals surface area contributed by atoms with Crippen LogP contribution in [0, 0.1) is 0 Å². The monoisotopic (exact) mass is 313 g/mol. The standard InChI is InChI=1S/C13H16ClN3O2S/c1-18-7-6-15-8-13-16-12(17-19-13)9-20-11-4-2-10(14)3-5-11/h2-5,15H,6-9H2,1H3. The van der Waals surface area contributed by atoms with Gasteiger partial charge in [-0.2, -0.15) is 4.98 Å². The lowest BCUT2D eigenvalue weighted by Crippen LogP contribution is -2.18. The van der Waals surface area contributed by atoms with Gasteiger partial charge in [-0.05, 0) is 24.3 Å². The minimum atomic E-state index is 0.558. The van der Waals surface area contributed by atoms with E-state index < -0.39 is 0 Å². The molecule has 0 saturated heterocycles. The van der Waals surface area contributed by atoms with Crippen molar-refractivity contribution < 1.29 is 9.26 Å². The summed E-state index contributed by atoms with van der Waals surface area (Å²) in [6.45, 7) is 1.98. The highest BCUT2D eigenvalue weighted by atomic mass is 35.5. The lowest BCUT2D eigenvalue weighted by Gasteiger charge is -1.99. The summed E-state index contributed by atoms with van der Waals surface area (Å²) in [5.74, 6) is 1.95. The Kier molecular flexibility index (Phi) is 6.32. The fourth-order valence-corrected chi connectivity index (χ4v) is 2.34. The van der Waals surface area contributed by atoms with Gasteiger partial charge in [-0.15, -0.1) is 11.8 Å². The van der Waals surface area contributed by atoms with Crippen molar-refractivity contribution in [3.8, 4) is 0 Å². The topological polar surface area (TPSA) is 60.2 Å². The molecule has 108 valence electrons. The lowest BCUT2D eigenvalue weighted by molar-refractivity contribution is 0.197. The van der Waals surface area contributed by atoms with Crippen LogP contribution in [0.3, 0.4) is 0 Å². The van der Waals surface area contributed by atoms with Crippen molar-refractivity contribution in [1.82, 2.24) is 15.5 Å². The molecule has 0 fully saturated rings. The third-order valence-electron chi connectivity index (χ3n) is 2.45. The molecule has 0 atom stereocenters. The van der Waals surface area contributed by atoms with Crippen LogP contribution in [0.15, 0.2) is 33.7 Å². The molecule has 1 heterocycles. The molecule has 0 unspecified atom stereocenters. The fraction of sp³-hybridized carbons (Fsp3) is 0.385. The highest BCUT2D eigenvalue weighted by molar-refractivity contribution is 7.98. The Morgan fingerprint density at radius 2 is 2.15 bits per heavy atom. The number of aromatic nitrogens is 2. The van der Waals surface area contributed by atoms with Crippen molar-refractivity contribution in [1.29, 1.82) is 0 Å². The van der Waals surface area contributed by atoms with Crippen molar-refractivity contribution in [3.05, 3.63) is 41.0 Å². The van der Waals surface area contributed by atoms with E-state index in [1.165, 1.54) is 0 Å². The largest absolute Gasteiger partial charge is 0.383 e. The van der Waals surface area contributed by atoms with Gasteiger partial charge >= 0.3 is 0 Å². The van der Waals surface area contributed by atoms with Crippen LogP contribution in [0.25, 0.3) is 0 Å². The molecule has 2 rings (SSSR count). The van der Waals surface area contributed by atoms with Gasteiger partial charge in [-0.1, -0.05) is 16.8 Å². The van der Waals surface area contributed by atoms with E-state index in [1.54, 1.807) is 18.9 Å². The molecule has 0 amide bonds. The van der Waals surface area contributed by atoms with Crippen molar-refractivity contribution in [2.45, 2.75) is 17.2 Å². The van der Waals surface area contributed by atoms with Gasteiger partial charge < -0.3 is 14.6 Å². The number of hydrogen-bond donors (Lipinski definition) is 1. The molecule has 1 aromatic heterocycles. The average Bonchev–Trinajstić information content (AvgIpc) is 2.91. The molecule has 0 saturated carbocycles. The first-order valence-corrected chi connectivity index (χ1v) is 7.54. The molecule has 20 heavy (non-hydrogen) atoms. The smallest absolute Gasteiger partial charge is 0.240 e. The van der Waals surface area contributed by atoms with Crippen LogP contribution in [-0.2, 0) is 17.0 Å². The van der Waals surface area contributed by atoms with Gasteiger partial charge in [0.15, 0.2) is 5.82 Å².